The Morgan fingerprint density at radius 1 is 0.969 bits per heavy atom. The number of aromatic nitrogens is 5. The van der Waals surface area contributed by atoms with Gasteiger partial charge in [-0.3, -0.25) is 9.78 Å². The Kier molecular flexibility index (Phi) is 4.22. The molecule has 0 aliphatic heterocycles. The third-order valence-corrected chi connectivity index (χ3v) is 5.92. The Balaban J connectivity index is 1.49. The van der Waals surface area contributed by atoms with Gasteiger partial charge in [-0.2, -0.15) is 0 Å². The van der Waals surface area contributed by atoms with Gasteiger partial charge in [-0.1, -0.05) is 54.1 Å². The van der Waals surface area contributed by atoms with E-state index in [1.54, 1.807) is 12.4 Å². The molecule has 1 aliphatic rings. The van der Waals surface area contributed by atoms with Gasteiger partial charge in [-0.25, -0.2) is 15.0 Å². The van der Waals surface area contributed by atoms with Gasteiger partial charge in [0.05, 0.1) is 28.3 Å². The van der Waals surface area contributed by atoms with Crippen molar-refractivity contribution >= 4 is 28.5 Å². The first-order chi connectivity index (χ1) is 15.7. The largest absolute Gasteiger partial charge is 0.340 e. The minimum Gasteiger partial charge on any atom is -0.340 e. The monoisotopic (exact) mass is 438 g/mol. The van der Waals surface area contributed by atoms with Gasteiger partial charge in [0.1, 0.15) is 17.8 Å². The fourth-order valence-electron chi connectivity index (χ4n) is 4.27. The minimum atomic E-state index is -0.356. The van der Waals surface area contributed by atoms with Crippen LogP contribution >= 0.6 is 11.6 Å². The molecule has 8 heteroatoms. The molecule has 0 saturated carbocycles. The lowest BCUT2D eigenvalue weighted by molar-refractivity contribution is 0.0938. The van der Waals surface area contributed by atoms with Crippen LogP contribution in [0.1, 0.15) is 27.7 Å². The second-order valence-corrected chi connectivity index (χ2v) is 7.87. The molecule has 5 aromatic rings. The first kappa shape index (κ1) is 18.7. The molecule has 1 unspecified atom stereocenters. The second-order valence-electron chi connectivity index (χ2n) is 7.46. The van der Waals surface area contributed by atoms with Crippen LogP contribution in [0.5, 0.6) is 0 Å². The predicted molar refractivity (Wildman–Crippen MR) is 121 cm³/mol. The van der Waals surface area contributed by atoms with E-state index in [1.165, 1.54) is 12.5 Å². The summed E-state index contributed by atoms with van der Waals surface area (Å²) in [6, 6.07) is 15.6. The van der Waals surface area contributed by atoms with Crippen molar-refractivity contribution in [3.05, 3.63) is 95.3 Å². The zero-order valence-corrected chi connectivity index (χ0v) is 17.3. The second kappa shape index (κ2) is 7.25. The number of fused-ring (bicyclic) bond motifs is 4. The highest BCUT2D eigenvalue weighted by molar-refractivity contribution is 6.33. The molecule has 0 bridgehead atoms. The van der Waals surface area contributed by atoms with Crippen molar-refractivity contribution in [2.75, 3.05) is 0 Å². The van der Waals surface area contributed by atoms with Crippen molar-refractivity contribution in [3.63, 3.8) is 0 Å². The maximum Gasteiger partial charge on any atom is 0.272 e. The first-order valence-electron chi connectivity index (χ1n) is 9.99. The first-order valence-corrected chi connectivity index (χ1v) is 10.4. The number of benzene rings is 2. The van der Waals surface area contributed by atoms with E-state index in [9.17, 15) is 4.79 Å². The summed E-state index contributed by atoms with van der Waals surface area (Å²) in [6.45, 7) is 0. The van der Waals surface area contributed by atoms with Crippen molar-refractivity contribution in [3.8, 4) is 22.5 Å². The Labute approximate surface area is 187 Å². The van der Waals surface area contributed by atoms with Gasteiger partial charge in [0.15, 0.2) is 0 Å². The topological polar surface area (TPSA) is 96.5 Å². The summed E-state index contributed by atoms with van der Waals surface area (Å²) in [6.07, 6.45) is 6.21. The van der Waals surface area contributed by atoms with Crippen LogP contribution in [0.25, 0.3) is 33.5 Å². The molecule has 2 N–H and O–H groups in total. The van der Waals surface area contributed by atoms with Crippen LogP contribution in [0.15, 0.2) is 73.4 Å². The maximum atomic E-state index is 13.0. The van der Waals surface area contributed by atoms with Gasteiger partial charge in [0.2, 0.25) is 0 Å². The third-order valence-electron chi connectivity index (χ3n) is 5.65. The van der Waals surface area contributed by atoms with E-state index in [2.05, 4.69) is 31.3 Å². The third kappa shape index (κ3) is 2.86. The fraction of sp³-hybridized carbons (Fsp3) is 0.0417. The van der Waals surface area contributed by atoms with Gasteiger partial charge in [0, 0.05) is 18.0 Å². The quantitative estimate of drug-likeness (QED) is 0.430. The number of hydrogen-bond donors (Lipinski definition) is 2. The van der Waals surface area contributed by atoms with Gasteiger partial charge in [0.25, 0.3) is 5.91 Å². The van der Waals surface area contributed by atoms with Crippen LogP contribution in [-0.2, 0) is 0 Å². The number of rotatable bonds is 3. The Hall–Kier alpha value is -4.10. The number of halogens is 1. The minimum absolute atomic E-state index is 0.147. The number of nitrogens with zero attached hydrogens (tertiary/aromatic N) is 4. The van der Waals surface area contributed by atoms with Crippen LogP contribution in [0.2, 0.25) is 5.02 Å². The smallest absolute Gasteiger partial charge is 0.272 e. The number of imidazole rings is 1. The molecule has 32 heavy (non-hydrogen) atoms. The van der Waals surface area contributed by atoms with Gasteiger partial charge in [-0.15, -0.1) is 0 Å². The highest BCUT2D eigenvalue weighted by Crippen LogP contribution is 2.47. The number of hydrogen-bond acceptors (Lipinski definition) is 5. The lowest BCUT2D eigenvalue weighted by Crippen LogP contribution is -2.29. The molecular formula is C24H15ClN6O. The molecule has 1 atom stereocenters. The van der Waals surface area contributed by atoms with Gasteiger partial charge in [-0.05, 0) is 28.3 Å². The number of aromatic amines is 1. The molecule has 2 aromatic carbocycles. The van der Waals surface area contributed by atoms with E-state index < -0.39 is 0 Å². The fourth-order valence-corrected chi connectivity index (χ4v) is 4.46. The SMILES string of the molecule is O=C(NC1c2ccccc2-c2c(-c3nc4ccncc4[nH]3)cccc21)c1ncncc1Cl. The lowest BCUT2D eigenvalue weighted by Gasteiger charge is -2.16. The zero-order chi connectivity index (χ0) is 21.7. The number of nitrogens with one attached hydrogen (secondary N) is 2. The van der Waals surface area contributed by atoms with Crippen LogP contribution < -0.4 is 5.32 Å². The number of carbonyl (C=O) groups is 1. The van der Waals surface area contributed by atoms with E-state index >= 15 is 0 Å². The molecule has 7 nitrogen and oxygen atoms in total. The van der Waals surface area contributed by atoms with E-state index in [-0.39, 0.29) is 22.7 Å². The predicted octanol–water partition coefficient (Wildman–Crippen LogP) is 4.57. The van der Waals surface area contributed by atoms with Crippen molar-refractivity contribution in [1.82, 2.24) is 30.2 Å². The summed E-state index contributed by atoms with van der Waals surface area (Å²) >= 11 is 6.15. The van der Waals surface area contributed by atoms with Crippen LogP contribution in [-0.4, -0.2) is 30.8 Å². The molecule has 3 aromatic heterocycles. The van der Waals surface area contributed by atoms with Crippen molar-refractivity contribution in [2.24, 2.45) is 0 Å². The summed E-state index contributed by atoms with van der Waals surface area (Å²) in [5.41, 5.74) is 6.91. The molecule has 0 saturated heterocycles. The molecule has 0 radical (unpaired) electrons. The summed E-state index contributed by atoms with van der Waals surface area (Å²) < 4.78 is 0. The number of amides is 1. The van der Waals surface area contributed by atoms with Crippen molar-refractivity contribution in [1.29, 1.82) is 0 Å². The Morgan fingerprint density at radius 3 is 2.69 bits per heavy atom. The van der Waals surface area contributed by atoms with Crippen LogP contribution in [0, 0.1) is 0 Å². The van der Waals surface area contributed by atoms with E-state index in [0.29, 0.717) is 0 Å². The Bertz CT molecular complexity index is 1480. The lowest BCUT2D eigenvalue weighted by atomic mass is 9.99. The van der Waals surface area contributed by atoms with Crippen LogP contribution in [0.4, 0.5) is 0 Å². The van der Waals surface area contributed by atoms with E-state index in [1.807, 2.05) is 42.5 Å². The maximum absolute atomic E-state index is 13.0. The zero-order valence-electron chi connectivity index (χ0n) is 16.6. The average Bonchev–Trinajstić information content (AvgIpc) is 3.39. The Morgan fingerprint density at radius 2 is 1.81 bits per heavy atom. The molecule has 1 amide bonds. The molecule has 3 heterocycles. The summed E-state index contributed by atoms with van der Waals surface area (Å²) in [4.78, 5) is 33.2. The standard InChI is InChI=1S/C24H15ClN6O/c25-17-10-27-12-28-22(17)24(32)31-21-14-5-2-1-4-13(14)20-15(21)6-3-7-16(20)23-29-18-8-9-26-11-19(18)30-23/h1-12,21H,(H,29,30)(H,31,32). The molecule has 0 spiro atoms. The van der Waals surface area contributed by atoms with Gasteiger partial charge < -0.3 is 10.3 Å². The van der Waals surface area contributed by atoms with Crippen molar-refractivity contribution in [2.45, 2.75) is 6.04 Å². The number of H-pyrrole nitrogens is 1. The number of pyridine rings is 1. The van der Waals surface area contributed by atoms with E-state index in [0.717, 1.165) is 44.7 Å². The highest BCUT2D eigenvalue weighted by Gasteiger charge is 2.33. The molecule has 154 valence electrons. The summed E-state index contributed by atoms with van der Waals surface area (Å²) in [7, 11) is 0. The summed E-state index contributed by atoms with van der Waals surface area (Å²) in [5, 5.41) is 3.31. The van der Waals surface area contributed by atoms with Gasteiger partial charge >= 0.3 is 0 Å². The normalized spacial score (nSPS) is 14.2. The highest BCUT2D eigenvalue weighted by atomic mass is 35.5. The molecule has 0 fully saturated rings. The molecule has 1 aliphatic carbocycles. The molecular weight excluding hydrogens is 424 g/mol. The van der Waals surface area contributed by atoms with Crippen molar-refractivity contribution < 1.29 is 4.79 Å². The average molecular weight is 439 g/mol. The summed E-state index contributed by atoms with van der Waals surface area (Å²) in [5.74, 6) is 0.399. The number of carbonyl (C=O) groups excluding carboxylic acids is 1. The van der Waals surface area contributed by atoms with E-state index in [4.69, 9.17) is 16.6 Å². The molecule has 6 rings (SSSR count). The van der Waals surface area contributed by atoms with Crippen LogP contribution in [0.3, 0.4) is 0 Å².